The van der Waals surface area contributed by atoms with Crippen molar-refractivity contribution in [2.45, 2.75) is 18.9 Å². The first kappa shape index (κ1) is 12.5. The Bertz CT molecular complexity index is 467. The highest BCUT2D eigenvalue weighted by Gasteiger charge is 2.28. The second-order valence-corrected chi connectivity index (χ2v) is 5.16. The average Bonchev–Trinajstić information content (AvgIpc) is 3.09. The highest BCUT2D eigenvalue weighted by Crippen LogP contribution is 2.21. The van der Waals surface area contributed by atoms with Gasteiger partial charge in [0.25, 0.3) is 0 Å². The molecule has 1 aromatic carbocycles. The molecule has 0 radical (unpaired) electrons. The monoisotopic (exact) mass is 260 g/mol. The summed E-state index contributed by atoms with van der Waals surface area (Å²) in [5, 5.41) is 3.35. The molecule has 0 aromatic heterocycles. The van der Waals surface area contributed by atoms with Crippen LogP contribution in [0.4, 0.5) is 0 Å². The summed E-state index contributed by atoms with van der Waals surface area (Å²) in [6, 6.07) is 8.16. The molecule has 1 N–H and O–H groups in total. The fourth-order valence-electron chi connectivity index (χ4n) is 2.70. The summed E-state index contributed by atoms with van der Waals surface area (Å²) in [5.41, 5.74) is 1.24. The Morgan fingerprint density at radius 3 is 3.21 bits per heavy atom. The van der Waals surface area contributed by atoms with Crippen LogP contribution in [-0.2, 0) is 11.2 Å². The normalized spacial score (nSPS) is 26.1. The molecular weight excluding hydrogens is 240 g/mol. The third-order valence-electron chi connectivity index (χ3n) is 3.75. The number of methoxy groups -OCH3 is 1. The van der Waals surface area contributed by atoms with E-state index < -0.39 is 0 Å². The highest BCUT2D eigenvalue weighted by atomic mass is 16.5. The van der Waals surface area contributed by atoms with E-state index in [1.807, 2.05) is 12.1 Å². The van der Waals surface area contributed by atoms with Gasteiger partial charge in [-0.3, -0.25) is 4.99 Å². The maximum absolute atomic E-state index is 5.99. The van der Waals surface area contributed by atoms with Crippen LogP contribution in [0.3, 0.4) is 0 Å². The van der Waals surface area contributed by atoms with Crippen molar-refractivity contribution in [2.75, 3.05) is 26.7 Å². The van der Waals surface area contributed by atoms with Gasteiger partial charge >= 0.3 is 0 Å². The van der Waals surface area contributed by atoms with Gasteiger partial charge in [-0.25, -0.2) is 0 Å². The molecule has 2 aliphatic heterocycles. The summed E-state index contributed by atoms with van der Waals surface area (Å²) in [6.45, 7) is 2.86. The molecule has 102 valence electrons. The number of hydrogen-bond donors (Lipinski definition) is 1. The number of hydrogen-bond acceptors (Lipinski definition) is 4. The molecule has 0 bridgehead atoms. The minimum absolute atomic E-state index is 0.183. The molecule has 2 aliphatic rings. The smallest absolute Gasteiger partial charge is 0.188 e. The summed E-state index contributed by atoms with van der Waals surface area (Å²) in [4.78, 5) is 4.56. The Morgan fingerprint density at radius 2 is 2.42 bits per heavy atom. The number of rotatable bonds is 4. The van der Waals surface area contributed by atoms with E-state index >= 15 is 0 Å². The van der Waals surface area contributed by atoms with Gasteiger partial charge < -0.3 is 14.8 Å². The van der Waals surface area contributed by atoms with Crippen LogP contribution in [0.2, 0.25) is 0 Å². The van der Waals surface area contributed by atoms with Crippen molar-refractivity contribution in [3.8, 4) is 5.75 Å². The first-order valence-corrected chi connectivity index (χ1v) is 6.90. The standard InChI is InChI=1S/C15H20N2O2/c1-18-13-4-2-3-11(7-13)8-14-10-17-15(19-14)12-5-6-16-9-12/h2-4,7,12,14,16H,5-6,8-10H2,1H3. The Hall–Kier alpha value is -1.55. The summed E-state index contributed by atoms with van der Waals surface area (Å²) in [6.07, 6.45) is 2.22. The molecule has 1 fully saturated rings. The van der Waals surface area contributed by atoms with Crippen molar-refractivity contribution in [1.29, 1.82) is 0 Å². The van der Waals surface area contributed by atoms with Crippen molar-refractivity contribution >= 4 is 5.90 Å². The molecule has 4 nitrogen and oxygen atoms in total. The Morgan fingerprint density at radius 1 is 1.47 bits per heavy atom. The second kappa shape index (κ2) is 5.61. The third-order valence-corrected chi connectivity index (χ3v) is 3.75. The van der Waals surface area contributed by atoms with Gasteiger partial charge in [0.1, 0.15) is 11.9 Å². The molecule has 19 heavy (non-hydrogen) atoms. The summed E-state index contributed by atoms with van der Waals surface area (Å²) in [7, 11) is 1.69. The fourth-order valence-corrected chi connectivity index (χ4v) is 2.70. The van der Waals surface area contributed by atoms with Crippen LogP contribution in [0.25, 0.3) is 0 Å². The largest absolute Gasteiger partial charge is 0.497 e. The average molecular weight is 260 g/mol. The lowest BCUT2D eigenvalue weighted by Gasteiger charge is -2.14. The Kier molecular flexibility index (Phi) is 3.69. The van der Waals surface area contributed by atoms with Gasteiger partial charge in [-0.2, -0.15) is 0 Å². The van der Waals surface area contributed by atoms with E-state index in [-0.39, 0.29) is 6.10 Å². The van der Waals surface area contributed by atoms with Gasteiger partial charge in [-0.1, -0.05) is 12.1 Å². The van der Waals surface area contributed by atoms with Crippen LogP contribution >= 0.6 is 0 Å². The Balaban J connectivity index is 1.57. The minimum atomic E-state index is 0.183. The molecule has 2 atom stereocenters. The van der Waals surface area contributed by atoms with E-state index in [2.05, 4.69) is 22.4 Å². The summed E-state index contributed by atoms with van der Waals surface area (Å²) in [5.74, 6) is 2.34. The van der Waals surface area contributed by atoms with Crippen LogP contribution < -0.4 is 10.1 Å². The first-order chi connectivity index (χ1) is 9.35. The predicted molar refractivity (Wildman–Crippen MR) is 74.8 cm³/mol. The molecule has 0 aliphatic carbocycles. The van der Waals surface area contributed by atoms with Gasteiger partial charge in [0, 0.05) is 18.9 Å². The molecular formula is C15H20N2O2. The zero-order valence-corrected chi connectivity index (χ0v) is 11.3. The van der Waals surface area contributed by atoms with Gasteiger partial charge in [0.2, 0.25) is 0 Å². The zero-order chi connectivity index (χ0) is 13.1. The van der Waals surface area contributed by atoms with Crippen molar-refractivity contribution in [3.63, 3.8) is 0 Å². The lowest BCUT2D eigenvalue weighted by atomic mass is 10.1. The molecule has 2 unspecified atom stereocenters. The predicted octanol–water partition coefficient (Wildman–Crippen LogP) is 1.64. The molecule has 0 saturated carbocycles. The second-order valence-electron chi connectivity index (χ2n) is 5.16. The van der Waals surface area contributed by atoms with E-state index in [0.29, 0.717) is 5.92 Å². The fraction of sp³-hybridized carbons (Fsp3) is 0.533. The van der Waals surface area contributed by atoms with Crippen LogP contribution in [0.5, 0.6) is 5.75 Å². The third kappa shape index (κ3) is 2.89. The van der Waals surface area contributed by atoms with E-state index in [1.54, 1.807) is 7.11 Å². The van der Waals surface area contributed by atoms with E-state index in [4.69, 9.17) is 9.47 Å². The summed E-state index contributed by atoms with van der Waals surface area (Å²) >= 11 is 0. The van der Waals surface area contributed by atoms with Gasteiger partial charge in [0.15, 0.2) is 5.90 Å². The number of nitrogens with one attached hydrogen (secondary N) is 1. The van der Waals surface area contributed by atoms with Crippen LogP contribution in [-0.4, -0.2) is 38.7 Å². The maximum Gasteiger partial charge on any atom is 0.188 e. The van der Waals surface area contributed by atoms with Crippen LogP contribution in [0.15, 0.2) is 29.3 Å². The molecule has 1 aromatic rings. The van der Waals surface area contributed by atoms with Gasteiger partial charge in [-0.05, 0) is 30.7 Å². The molecule has 0 spiro atoms. The molecule has 2 heterocycles. The van der Waals surface area contributed by atoms with Crippen LogP contribution in [0.1, 0.15) is 12.0 Å². The Labute approximate surface area is 113 Å². The molecule has 4 heteroatoms. The topological polar surface area (TPSA) is 42.8 Å². The molecule has 3 rings (SSSR count). The lowest BCUT2D eigenvalue weighted by molar-refractivity contribution is 0.211. The molecule has 0 amide bonds. The number of ether oxygens (including phenoxy) is 2. The van der Waals surface area contributed by atoms with E-state index in [1.165, 1.54) is 5.56 Å². The number of aliphatic imine (C=N–C) groups is 1. The highest BCUT2D eigenvalue weighted by molar-refractivity contribution is 5.80. The van der Waals surface area contributed by atoms with Gasteiger partial charge in [-0.15, -0.1) is 0 Å². The quantitative estimate of drug-likeness (QED) is 0.895. The minimum Gasteiger partial charge on any atom is -0.497 e. The molecule has 1 saturated heterocycles. The summed E-state index contributed by atoms with van der Waals surface area (Å²) < 4.78 is 11.2. The lowest BCUT2D eigenvalue weighted by Crippen LogP contribution is -2.22. The van der Waals surface area contributed by atoms with Gasteiger partial charge in [0.05, 0.1) is 13.7 Å². The van der Waals surface area contributed by atoms with Crippen molar-refractivity contribution in [2.24, 2.45) is 10.9 Å². The first-order valence-electron chi connectivity index (χ1n) is 6.90. The number of nitrogens with zero attached hydrogens (tertiary/aromatic N) is 1. The number of benzene rings is 1. The van der Waals surface area contributed by atoms with Crippen molar-refractivity contribution in [3.05, 3.63) is 29.8 Å². The SMILES string of the molecule is COc1cccc(CC2CN=C(C3CCNC3)O2)c1. The van der Waals surface area contributed by atoms with Crippen molar-refractivity contribution < 1.29 is 9.47 Å². The van der Waals surface area contributed by atoms with Crippen LogP contribution in [0, 0.1) is 5.92 Å². The maximum atomic E-state index is 5.99. The van der Waals surface area contributed by atoms with Crippen molar-refractivity contribution in [1.82, 2.24) is 5.32 Å². The van der Waals surface area contributed by atoms with E-state index in [9.17, 15) is 0 Å². The zero-order valence-electron chi connectivity index (χ0n) is 11.3. The van der Waals surface area contributed by atoms with E-state index in [0.717, 1.165) is 44.1 Å².